The second-order valence-corrected chi connectivity index (χ2v) is 11.2. The van der Waals surface area contributed by atoms with E-state index in [1.807, 2.05) is 55.5 Å². The van der Waals surface area contributed by atoms with E-state index in [2.05, 4.69) is 10.3 Å². The number of rotatable bonds is 8. The van der Waals surface area contributed by atoms with Crippen LogP contribution in [0, 0.1) is 11.8 Å². The third-order valence-electron chi connectivity index (χ3n) is 9.01. The van der Waals surface area contributed by atoms with Gasteiger partial charge in [-0.2, -0.15) is 0 Å². The maximum absolute atomic E-state index is 14.5. The number of ether oxygens (including phenoxy) is 1. The normalized spacial score (nSPS) is 31.5. The first kappa shape index (κ1) is 26.6. The molecule has 4 aliphatic rings. The van der Waals surface area contributed by atoms with E-state index >= 15 is 0 Å². The van der Waals surface area contributed by atoms with Crippen molar-refractivity contribution in [3.63, 3.8) is 0 Å². The number of para-hydroxylation sites is 1. The average Bonchev–Trinajstić information content (AvgIpc) is 3.50. The number of fused-ring (bicyclic) bond motifs is 3. The Morgan fingerprint density at radius 3 is 2.60 bits per heavy atom. The fourth-order valence-corrected chi connectivity index (χ4v) is 7.05. The van der Waals surface area contributed by atoms with Gasteiger partial charge in [0.2, 0.25) is 11.8 Å². The molecule has 0 radical (unpaired) electrons. The van der Waals surface area contributed by atoms with E-state index in [1.165, 1.54) is 0 Å². The highest BCUT2D eigenvalue weighted by Gasteiger charge is 2.75. The molecule has 0 bridgehead atoms. The van der Waals surface area contributed by atoms with E-state index in [0.29, 0.717) is 38.9 Å². The Labute approximate surface area is 233 Å². The number of amides is 3. The summed E-state index contributed by atoms with van der Waals surface area (Å²) in [6, 6.07) is 6.65. The minimum Gasteiger partial charge on any atom is -0.396 e. The van der Waals surface area contributed by atoms with Crippen LogP contribution in [0.1, 0.15) is 32.6 Å². The van der Waals surface area contributed by atoms with Crippen LogP contribution in [0.5, 0.6) is 0 Å². The van der Waals surface area contributed by atoms with Crippen LogP contribution in [-0.4, -0.2) is 103 Å². The summed E-state index contributed by atoms with van der Waals surface area (Å²) < 4.78 is 8.63. The van der Waals surface area contributed by atoms with Gasteiger partial charge in [0.05, 0.1) is 23.0 Å². The number of likely N-dealkylation sites (tertiary alicyclic amines) is 1. The predicted octanol–water partition coefficient (Wildman–Crippen LogP) is 1.34. The molecule has 1 spiro atoms. The van der Waals surface area contributed by atoms with Gasteiger partial charge in [0.15, 0.2) is 0 Å². The quantitative estimate of drug-likeness (QED) is 0.390. The van der Waals surface area contributed by atoms with Crippen molar-refractivity contribution in [2.45, 2.75) is 56.5 Å². The Morgan fingerprint density at radius 1 is 1.00 bits per heavy atom. The van der Waals surface area contributed by atoms with Crippen molar-refractivity contribution >= 4 is 28.8 Å². The van der Waals surface area contributed by atoms with Crippen molar-refractivity contribution in [3.8, 4) is 0 Å². The summed E-state index contributed by atoms with van der Waals surface area (Å²) in [7, 11) is 1.74. The molecule has 5 atom stereocenters. The number of carbonyl (C=O) groups is 3. The van der Waals surface area contributed by atoms with Gasteiger partial charge in [0.25, 0.3) is 5.91 Å². The molecule has 4 aliphatic heterocycles. The molecule has 0 aliphatic carbocycles. The molecule has 11 nitrogen and oxygen atoms in total. The number of aliphatic hydroxyl groups is 1. The van der Waals surface area contributed by atoms with E-state index in [4.69, 9.17) is 4.74 Å². The molecule has 1 aromatic heterocycles. The Hall–Kier alpha value is -3.57. The minimum absolute atomic E-state index is 0.0720. The Kier molecular flexibility index (Phi) is 6.74. The molecule has 1 N–H and O–H groups in total. The van der Waals surface area contributed by atoms with Crippen molar-refractivity contribution in [2.24, 2.45) is 11.8 Å². The Balaban J connectivity index is 1.41. The molecular formula is C29H36N6O5. The Morgan fingerprint density at radius 2 is 1.80 bits per heavy atom. The van der Waals surface area contributed by atoms with Crippen LogP contribution in [0.25, 0.3) is 11.0 Å². The summed E-state index contributed by atoms with van der Waals surface area (Å²) >= 11 is 0. The van der Waals surface area contributed by atoms with Gasteiger partial charge in [-0.1, -0.05) is 48.6 Å². The zero-order valence-corrected chi connectivity index (χ0v) is 23.0. The molecular weight excluding hydrogens is 512 g/mol. The number of hydrogen-bond donors (Lipinski definition) is 1. The number of carbonyl (C=O) groups excluding carboxylic acids is 3. The summed E-state index contributed by atoms with van der Waals surface area (Å²) in [5.41, 5.74) is -0.714. The number of unbranched alkanes of at least 4 members (excludes halogenated alkanes) is 2. The average molecular weight is 549 g/mol. The molecule has 2 fully saturated rings. The third kappa shape index (κ3) is 3.89. The molecule has 40 heavy (non-hydrogen) atoms. The van der Waals surface area contributed by atoms with Crippen LogP contribution in [0.4, 0.5) is 0 Å². The van der Waals surface area contributed by atoms with Crippen molar-refractivity contribution in [3.05, 3.63) is 48.6 Å². The standard InChI is InChI=1S/C29H36N6O5/c1-3-28-13-9-15-32(2)25(37)22(28)23-26(38)34(17-7-4-8-18-36)24-27(39)33(16-10-14-29(23,24)40-28)19-35-21-12-6-5-11-20(21)30-31-35/h5-6,9-14,22-24,36H,3-4,7-8,15-19H2,1-2H3/t22-,23+,24?,28+,29+/m1/s1. The molecule has 212 valence electrons. The number of hydrogen-bond acceptors (Lipinski definition) is 7. The van der Waals surface area contributed by atoms with Crippen molar-refractivity contribution in [2.75, 3.05) is 33.3 Å². The molecule has 2 saturated heterocycles. The molecule has 3 amide bonds. The first-order valence-corrected chi connectivity index (χ1v) is 14.2. The van der Waals surface area contributed by atoms with Gasteiger partial charge in [-0.3, -0.25) is 14.4 Å². The summed E-state index contributed by atoms with van der Waals surface area (Å²) in [6.07, 6.45) is 10.1. The van der Waals surface area contributed by atoms with Crippen molar-refractivity contribution < 1.29 is 24.2 Å². The van der Waals surface area contributed by atoms with E-state index in [9.17, 15) is 19.5 Å². The molecule has 0 saturated carbocycles. The number of likely N-dealkylation sites (N-methyl/N-ethyl adjacent to an activating group) is 1. The monoisotopic (exact) mass is 548 g/mol. The lowest BCUT2D eigenvalue weighted by Gasteiger charge is -2.38. The van der Waals surface area contributed by atoms with Crippen LogP contribution in [-0.2, 0) is 25.8 Å². The summed E-state index contributed by atoms with van der Waals surface area (Å²) in [6.45, 7) is 3.29. The van der Waals surface area contributed by atoms with Crippen molar-refractivity contribution in [1.29, 1.82) is 0 Å². The lowest BCUT2D eigenvalue weighted by molar-refractivity contribution is -0.154. The van der Waals surface area contributed by atoms with Gasteiger partial charge in [-0.15, -0.1) is 5.10 Å². The molecule has 2 aromatic rings. The highest BCUT2D eigenvalue weighted by Crippen LogP contribution is 2.58. The van der Waals surface area contributed by atoms with Gasteiger partial charge in [-0.05, 0) is 37.8 Å². The molecule has 11 heteroatoms. The smallest absolute Gasteiger partial charge is 0.250 e. The van der Waals surface area contributed by atoms with Crippen LogP contribution < -0.4 is 0 Å². The second-order valence-electron chi connectivity index (χ2n) is 11.2. The van der Waals surface area contributed by atoms with Crippen LogP contribution in [0.2, 0.25) is 0 Å². The Bertz CT molecular complexity index is 1390. The summed E-state index contributed by atoms with van der Waals surface area (Å²) in [4.78, 5) is 47.5. The third-order valence-corrected chi connectivity index (χ3v) is 9.01. The highest BCUT2D eigenvalue weighted by molar-refractivity contribution is 6.00. The molecule has 6 rings (SSSR count). The first-order chi connectivity index (χ1) is 19.4. The van der Waals surface area contributed by atoms with E-state index in [1.54, 1.807) is 26.4 Å². The van der Waals surface area contributed by atoms with E-state index in [0.717, 1.165) is 17.5 Å². The van der Waals surface area contributed by atoms with Crippen LogP contribution in [0.15, 0.2) is 48.6 Å². The van der Waals surface area contributed by atoms with Crippen molar-refractivity contribution in [1.82, 2.24) is 29.7 Å². The lowest BCUT2D eigenvalue weighted by atomic mass is 9.73. The number of aromatic nitrogens is 3. The SMILES string of the molecule is CC[C@]12C=CCN(C)C(=O)[C@H]1[C@H]1C(=O)N(CCCCCO)C3C(=O)N(Cn4nnc5ccccc54)CC=C[C@@]31O2. The molecule has 5 heterocycles. The number of nitrogens with zero attached hydrogens (tertiary/aromatic N) is 6. The largest absolute Gasteiger partial charge is 0.396 e. The van der Waals surface area contributed by atoms with E-state index < -0.39 is 29.1 Å². The molecule has 1 unspecified atom stereocenters. The first-order valence-electron chi connectivity index (χ1n) is 14.2. The number of benzene rings is 1. The predicted molar refractivity (Wildman–Crippen MR) is 145 cm³/mol. The zero-order chi connectivity index (χ0) is 28.1. The zero-order valence-electron chi connectivity index (χ0n) is 23.0. The number of aliphatic hydroxyl groups excluding tert-OH is 1. The molecule has 1 aromatic carbocycles. The van der Waals surface area contributed by atoms with Gasteiger partial charge < -0.3 is 24.5 Å². The second kappa shape index (κ2) is 10.1. The van der Waals surface area contributed by atoms with Crippen LogP contribution >= 0.6 is 0 Å². The summed E-state index contributed by atoms with van der Waals surface area (Å²) in [5, 5.41) is 17.8. The van der Waals surface area contributed by atoms with Gasteiger partial charge in [0.1, 0.15) is 23.8 Å². The van der Waals surface area contributed by atoms with Gasteiger partial charge >= 0.3 is 0 Å². The fraction of sp³-hybridized carbons (Fsp3) is 0.552. The lowest BCUT2D eigenvalue weighted by Crippen LogP contribution is -2.56. The highest BCUT2D eigenvalue weighted by atomic mass is 16.5. The fourth-order valence-electron chi connectivity index (χ4n) is 7.05. The summed E-state index contributed by atoms with van der Waals surface area (Å²) in [5.74, 6) is -2.16. The van der Waals surface area contributed by atoms with Gasteiger partial charge in [-0.25, -0.2) is 4.68 Å². The minimum atomic E-state index is -1.27. The topological polar surface area (TPSA) is 121 Å². The van der Waals surface area contributed by atoms with Gasteiger partial charge in [0, 0.05) is 33.3 Å². The van der Waals surface area contributed by atoms with Crippen LogP contribution in [0.3, 0.4) is 0 Å². The maximum atomic E-state index is 14.5. The van der Waals surface area contributed by atoms with E-state index in [-0.39, 0.29) is 31.0 Å². The maximum Gasteiger partial charge on any atom is 0.250 e.